The molecule has 0 aliphatic heterocycles. The number of rotatable bonds is 4. The minimum atomic E-state index is -4.55. The fourth-order valence-electron chi connectivity index (χ4n) is 0.815. The van der Waals surface area contributed by atoms with E-state index >= 15 is 0 Å². The van der Waals surface area contributed by atoms with Crippen LogP contribution in [-0.4, -0.2) is 37.0 Å². The summed E-state index contributed by atoms with van der Waals surface area (Å²) < 4.78 is 43.8. The van der Waals surface area contributed by atoms with E-state index in [0.29, 0.717) is 0 Å². The maximum atomic E-state index is 11.7. The SMILES string of the molecule is CC(C)(C)OC(=O)NCCC(=O)OCC(F)(F)F. The van der Waals surface area contributed by atoms with Gasteiger partial charge in [-0.2, -0.15) is 13.2 Å². The van der Waals surface area contributed by atoms with Gasteiger partial charge in [0.05, 0.1) is 6.42 Å². The summed E-state index contributed by atoms with van der Waals surface area (Å²) in [5.41, 5.74) is -0.680. The molecule has 0 spiro atoms. The predicted molar refractivity (Wildman–Crippen MR) is 55.9 cm³/mol. The molecule has 106 valence electrons. The first kappa shape index (κ1) is 16.5. The fourth-order valence-corrected chi connectivity index (χ4v) is 0.815. The van der Waals surface area contributed by atoms with Crippen molar-refractivity contribution in [1.29, 1.82) is 0 Å². The molecular weight excluding hydrogens is 255 g/mol. The van der Waals surface area contributed by atoms with Gasteiger partial charge in [0, 0.05) is 6.54 Å². The van der Waals surface area contributed by atoms with Gasteiger partial charge in [-0.1, -0.05) is 0 Å². The van der Waals surface area contributed by atoms with Crippen molar-refractivity contribution in [3.8, 4) is 0 Å². The first-order valence-corrected chi connectivity index (χ1v) is 5.19. The largest absolute Gasteiger partial charge is 0.456 e. The summed E-state index contributed by atoms with van der Waals surface area (Å²) in [6.45, 7) is 3.20. The van der Waals surface area contributed by atoms with Crippen molar-refractivity contribution in [3.05, 3.63) is 0 Å². The van der Waals surface area contributed by atoms with E-state index in [0.717, 1.165) is 0 Å². The Hall–Kier alpha value is -1.47. The topological polar surface area (TPSA) is 64.6 Å². The second-order valence-electron chi connectivity index (χ2n) is 4.45. The van der Waals surface area contributed by atoms with Gasteiger partial charge in [-0.25, -0.2) is 4.79 Å². The highest BCUT2D eigenvalue weighted by atomic mass is 19.4. The third-order valence-corrected chi connectivity index (χ3v) is 1.39. The predicted octanol–water partition coefficient (Wildman–Crippen LogP) is 2.01. The first-order valence-electron chi connectivity index (χ1n) is 5.19. The van der Waals surface area contributed by atoms with Crippen LogP contribution in [0.25, 0.3) is 0 Å². The third-order valence-electron chi connectivity index (χ3n) is 1.39. The summed E-state index contributed by atoms with van der Waals surface area (Å²) in [5.74, 6) is -1.04. The zero-order valence-corrected chi connectivity index (χ0v) is 10.4. The number of carbonyl (C=O) groups is 2. The van der Waals surface area contributed by atoms with E-state index in [1.807, 2.05) is 0 Å². The van der Waals surface area contributed by atoms with Crippen molar-refractivity contribution in [1.82, 2.24) is 5.32 Å². The van der Waals surface area contributed by atoms with E-state index in [-0.39, 0.29) is 13.0 Å². The van der Waals surface area contributed by atoms with E-state index in [9.17, 15) is 22.8 Å². The van der Waals surface area contributed by atoms with Crippen molar-refractivity contribution in [3.63, 3.8) is 0 Å². The molecule has 18 heavy (non-hydrogen) atoms. The standard InChI is InChI=1S/C10H16F3NO4/c1-9(2,3)18-8(16)14-5-4-7(15)17-6-10(11,12)13/h4-6H2,1-3H3,(H,14,16). The lowest BCUT2D eigenvalue weighted by molar-refractivity contribution is -0.186. The highest BCUT2D eigenvalue weighted by Crippen LogP contribution is 2.14. The molecule has 0 radical (unpaired) electrons. The Morgan fingerprint density at radius 1 is 1.17 bits per heavy atom. The number of nitrogens with one attached hydrogen (secondary N) is 1. The van der Waals surface area contributed by atoms with Gasteiger partial charge >= 0.3 is 18.2 Å². The van der Waals surface area contributed by atoms with Crippen molar-refractivity contribution >= 4 is 12.1 Å². The lowest BCUT2D eigenvalue weighted by atomic mass is 10.2. The number of alkyl carbamates (subject to hydrolysis) is 1. The van der Waals surface area contributed by atoms with Gasteiger partial charge in [-0.15, -0.1) is 0 Å². The van der Waals surface area contributed by atoms with Crippen LogP contribution < -0.4 is 5.32 Å². The molecule has 0 aliphatic rings. The van der Waals surface area contributed by atoms with Crippen LogP contribution in [0.15, 0.2) is 0 Å². The number of alkyl halides is 3. The lowest BCUT2D eigenvalue weighted by Crippen LogP contribution is -2.34. The van der Waals surface area contributed by atoms with Crippen LogP contribution in [-0.2, 0) is 14.3 Å². The highest BCUT2D eigenvalue weighted by Gasteiger charge is 2.29. The third kappa shape index (κ3) is 11.0. The summed E-state index contributed by atoms with van der Waals surface area (Å²) in [7, 11) is 0. The summed E-state index contributed by atoms with van der Waals surface area (Å²) in [4.78, 5) is 21.9. The zero-order chi connectivity index (χ0) is 14.4. The van der Waals surface area contributed by atoms with Crippen LogP contribution in [0.1, 0.15) is 27.2 Å². The Kier molecular flexibility index (Phi) is 5.93. The number of hydrogen-bond acceptors (Lipinski definition) is 4. The molecule has 0 aliphatic carbocycles. The van der Waals surface area contributed by atoms with Crippen LogP contribution in [0.5, 0.6) is 0 Å². The van der Waals surface area contributed by atoms with Crippen LogP contribution in [0, 0.1) is 0 Å². The van der Waals surface area contributed by atoms with Crippen molar-refractivity contribution in [2.24, 2.45) is 0 Å². The molecule has 0 aromatic rings. The smallest absolute Gasteiger partial charge is 0.422 e. The number of amides is 1. The summed E-state index contributed by atoms with van der Waals surface area (Å²) in [6, 6.07) is 0. The van der Waals surface area contributed by atoms with Crippen LogP contribution >= 0.6 is 0 Å². The number of carbonyl (C=O) groups excluding carboxylic acids is 2. The molecule has 0 aromatic heterocycles. The molecule has 0 saturated carbocycles. The van der Waals surface area contributed by atoms with Crippen LogP contribution in [0.3, 0.4) is 0 Å². The summed E-state index contributed by atoms with van der Waals surface area (Å²) >= 11 is 0. The van der Waals surface area contributed by atoms with E-state index in [2.05, 4.69) is 10.1 Å². The van der Waals surface area contributed by atoms with Gasteiger partial charge < -0.3 is 14.8 Å². The molecule has 0 heterocycles. The molecule has 0 rings (SSSR count). The zero-order valence-electron chi connectivity index (χ0n) is 10.4. The molecule has 1 amide bonds. The van der Waals surface area contributed by atoms with Crippen molar-refractivity contribution in [2.75, 3.05) is 13.2 Å². The van der Waals surface area contributed by atoms with E-state index in [1.54, 1.807) is 20.8 Å². The minimum Gasteiger partial charge on any atom is -0.456 e. The summed E-state index contributed by atoms with van der Waals surface area (Å²) in [5, 5.41) is 2.22. The normalized spacial score (nSPS) is 11.9. The van der Waals surface area contributed by atoms with Crippen LogP contribution in [0.4, 0.5) is 18.0 Å². The second kappa shape index (κ2) is 6.46. The number of ether oxygens (including phenoxy) is 2. The van der Waals surface area contributed by atoms with Gasteiger partial charge in [-0.3, -0.25) is 4.79 Å². The maximum absolute atomic E-state index is 11.7. The Morgan fingerprint density at radius 3 is 2.17 bits per heavy atom. The molecule has 8 heteroatoms. The molecule has 0 fully saturated rings. The average Bonchev–Trinajstić information content (AvgIpc) is 2.10. The Bertz CT molecular complexity index is 296. The number of esters is 1. The van der Waals surface area contributed by atoms with E-state index < -0.39 is 30.4 Å². The fraction of sp³-hybridized carbons (Fsp3) is 0.800. The first-order chi connectivity index (χ1) is 7.99. The van der Waals surface area contributed by atoms with Gasteiger partial charge in [0.15, 0.2) is 6.61 Å². The molecule has 0 aromatic carbocycles. The molecule has 5 nitrogen and oxygen atoms in total. The van der Waals surface area contributed by atoms with E-state index in [4.69, 9.17) is 4.74 Å². The summed E-state index contributed by atoms with van der Waals surface area (Å²) in [6.07, 6.45) is -5.64. The number of hydrogen-bond donors (Lipinski definition) is 1. The van der Waals surface area contributed by atoms with Gasteiger partial charge in [0.1, 0.15) is 5.60 Å². The molecule has 0 atom stereocenters. The molecule has 0 bridgehead atoms. The Balaban J connectivity index is 3.72. The van der Waals surface area contributed by atoms with E-state index in [1.165, 1.54) is 0 Å². The minimum absolute atomic E-state index is 0.147. The lowest BCUT2D eigenvalue weighted by Gasteiger charge is -2.19. The molecule has 0 saturated heterocycles. The molecule has 1 N–H and O–H groups in total. The van der Waals surface area contributed by atoms with Gasteiger partial charge in [-0.05, 0) is 20.8 Å². The second-order valence-corrected chi connectivity index (χ2v) is 4.45. The van der Waals surface area contributed by atoms with Gasteiger partial charge in [0.25, 0.3) is 0 Å². The monoisotopic (exact) mass is 271 g/mol. The van der Waals surface area contributed by atoms with Crippen molar-refractivity contribution in [2.45, 2.75) is 39.0 Å². The quantitative estimate of drug-likeness (QED) is 0.794. The van der Waals surface area contributed by atoms with Crippen LogP contribution in [0.2, 0.25) is 0 Å². The Morgan fingerprint density at radius 2 is 1.72 bits per heavy atom. The average molecular weight is 271 g/mol. The molecular formula is C10H16F3NO4. The van der Waals surface area contributed by atoms with Gasteiger partial charge in [0.2, 0.25) is 0 Å². The highest BCUT2D eigenvalue weighted by molar-refractivity contribution is 5.71. The Labute approximate surface area is 103 Å². The number of halogens is 3. The maximum Gasteiger partial charge on any atom is 0.422 e. The van der Waals surface area contributed by atoms with Crippen molar-refractivity contribution < 1.29 is 32.2 Å². The molecule has 0 unspecified atom stereocenters.